The number of carboxylic acid groups (broad SMARTS) is 1. The van der Waals surface area contributed by atoms with E-state index >= 15 is 0 Å². The standard InChI is InChI=1S/C13H13F3N2O3/c1-8-6-10(4-2-9(8)3-5-11(19)20)18-12(21)17-7-13(14,15)16/h2-6H,7H2,1H3,(H,19,20)(H2,17,18,21)/b5-3+. The van der Waals surface area contributed by atoms with Crippen molar-refractivity contribution in [2.24, 2.45) is 0 Å². The molecule has 2 amide bonds. The molecule has 3 N–H and O–H groups in total. The number of aliphatic carboxylic acids is 1. The maximum atomic E-state index is 11.9. The van der Waals surface area contributed by atoms with Crippen LogP contribution in [0.5, 0.6) is 0 Å². The zero-order valence-corrected chi connectivity index (χ0v) is 11.0. The van der Waals surface area contributed by atoms with E-state index in [1.165, 1.54) is 18.2 Å². The molecule has 0 unspecified atom stereocenters. The van der Waals surface area contributed by atoms with E-state index in [-0.39, 0.29) is 0 Å². The number of rotatable bonds is 4. The number of aryl methyl sites for hydroxylation is 1. The van der Waals surface area contributed by atoms with Crippen LogP contribution >= 0.6 is 0 Å². The van der Waals surface area contributed by atoms with Gasteiger partial charge in [0.1, 0.15) is 6.54 Å². The van der Waals surface area contributed by atoms with Gasteiger partial charge < -0.3 is 15.7 Å². The SMILES string of the molecule is Cc1cc(NC(=O)NCC(F)(F)F)ccc1/C=C/C(=O)O. The lowest BCUT2D eigenvalue weighted by atomic mass is 10.1. The lowest BCUT2D eigenvalue weighted by Gasteiger charge is -2.11. The van der Waals surface area contributed by atoms with E-state index < -0.39 is 24.7 Å². The van der Waals surface area contributed by atoms with E-state index in [1.807, 2.05) is 0 Å². The number of hydrogen-bond acceptors (Lipinski definition) is 2. The van der Waals surface area contributed by atoms with Crippen LogP contribution < -0.4 is 10.6 Å². The van der Waals surface area contributed by atoms with Crippen molar-refractivity contribution >= 4 is 23.8 Å². The van der Waals surface area contributed by atoms with Crippen LogP contribution in [0.2, 0.25) is 0 Å². The van der Waals surface area contributed by atoms with E-state index in [2.05, 4.69) is 5.32 Å². The molecule has 0 spiro atoms. The number of carboxylic acids is 1. The lowest BCUT2D eigenvalue weighted by molar-refractivity contribution is -0.131. The number of urea groups is 1. The largest absolute Gasteiger partial charge is 0.478 e. The first-order valence-electron chi connectivity index (χ1n) is 5.80. The summed E-state index contributed by atoms with van der Waals surface area (Å²) < 4.78 is 35.8. The smallest absolute Gasteiger partial charge is 0.405 e. The predicted octanol–water partition coefficient (Wildman–Crippen LogP) is 2.78. The molecule has 0 aliphatic carbocycles. The fraction of sp³-hybridized carbons (Fsp3) is 0.231. The Bertz CT molecular complexity index is 568. The molecular weight excluding hydrogens is 289 g/mol. The van der Waals surface area contributed by atoms with Crippen molar-refractivity contribution < 1.29 is 27.9 Å². The van der Waals surface area contributed by atoms with Gasteiger partial charge in [-0.3, -0.25) is 0 Å². The Hall–Kier alpha value is -2.51. The van der Waals surface area contributed by atoms with Gasteiger partial charge in [-0.25, -0.2) is 9.59 Å². The third-order valence-corrected chi connectivity index (χ3v) is 2.38. The van der Waals surface area contributed by atoms with Gasteiger partial charge in [0.15, 0.2) is 0 Å². The highest BCUT2D eigenvalue weighted by Crippen LogP contribution is 2.17. The van der Waals surface area contributed by atoms with E-state index in [4.69, 9.17) is 5.11 Å². The number of hydrogen-bond donors (Lipinski definition) is 3. The lowest BCUT2D eigenvalue weighted by Crippen LogP contribution is -2.36. The molecule has 8 heteroatoms. The fourth-order valence-corrected chi connectivity index (χ4v) is 1.46. The minimum Gasteiger partial charge on any atom is -0.478 e. The van der Waals surface area contributed by atoms with E-state index in [1.54, 1.807) is 18.3 Å². The molecule has 1 aromatic rings. The molecule has 0 radical (unpaired) electrons. The molecule has 1 aromatic carbocycles. The number of carbonyl (C=O) groups excluding carboxylic acids is 1. The third-order valence-electron chi connectivity index (χ3n) is 2.38. The topological polar surface area (TPSA) is 78.4 Å². The molecule has 0 aliphatic rings. The van der Waals surface area contributed by atoms with Crippen molar-refractivity contribution in [1.82, 2.24) is 5.32 Å². The molecule has 0 bridgehead atoms. The van der Waals surface area contributed by atoms with Gasteiger partial charge in [0.2, 0.25) is 0 Å². The zero-order valence-electron chi connectivity index (χ0n) is 11.0. The van der Waals surface area contributed by atoms with Crippen molar-refractivity contribution in [2.75, 3.05) is 11.9 Å². The number of benzene rings is 1. The average Bonchev–Trinajstić information content (AvgIpc) is 2.34. The number of halogens is 3. The Morgan fingerprint density at radius 3 is 2.52 bits per heavy atom. The maximum absolute atomic E-state index is 11.9. The Kier molecular flexibility index (Phi) is 5.34. The summed E-state index contributed by atoms with van der Waals surface area (Å²) >= 11 is 0. The van der Waals surface area contributed by atoms with Gasteiger partial charge in [0, 0.05) is 11.8 Å². The summed E-state index contributed by atoms with van der Waals surface area (Å²) in [5, 5.41) is 12.5. The highest BCUT2D eigenvalue weighted by atomic mass is 19.4. The zero-order chi connectivity index (χ0) is 16.0. The van der Waals surface area contributed by atoms with Crippen LogP contribution in [0.1, 0.15) is 11.1 Å². The van der Waals surface area contributed by atoms with Crippen LogP contribution in [0.3, 0.4) is 0 Å². The van der Waals surface area contributed by atoms with Crippen molar-refractivity contribution in [3.8, 4) is 0 Å². The van der Waals surface area contributed by atoms with Crippen molar-refractivity contribution in [3.05, 3.63) is 35.4 Å². The first-order valence-corrected chi connectivity index (χ1v) is 5.80. The van der Waals surface area contributed by atoms with E-state index in [9.17, 15) is 22.8 Å². The number of amides is 2. The number of carbonyl (C=O) groups is 2. The molecule has 0 saturated carbocycles. The second-order valence-corrected chi connectivity index (χ2v) is 4.17. The van der Waals surface area contributed by atoms with Crippen LogP contribution in [0.15, 0.2) is 24.3 Å². The monoisotopic (exact) mass is 302 g/mol. The summed E-state index contributed by atoms with van der Waals surface area (Å²) in [5.41, 5.74) is 1.60. The minimum atomic E-state index is -4.47. The van der Waals surface area contributed by atoms with Gasteiger partial charge in [-0.2, -0.15) is 13.2 Å². The Morgan fingerprint density at radius 2 is 2.00 bits per heavy atom. The molecule has 0 aliphatic heterocycles. The van der Waals surface area contributed by atoms with Gasteiger partial charge in [0.05, 0.1) is 0 Å². The highest BCUT2D eigenvalue weighted by molar-refractivity contribution is 5.90. The third kappa shape index (κ3) is 6.46. The quantitative estimate of drug-likeness (QED) is 0.748. The van der Waals surface area contributed by atoms with Gasteiger partial charge in [-0.1, -0.05) is 6.07 Å². The van der Waals surface area contributed by atoms with Gasteiger partial charge in [0.25, 0.3) is 0 Å². The molecule has 5 nitrogen and oxygen atoms in total. The van der Waals surface area contributed by atoms with Gasteiger partial charge in [-0.15, -0.1) is 0 Å². The van der Waals surface area contributed by atoms with Crippen LogP contribution in [-0.2, 0) is 4.79 Å². The molecule has 0 saturated heterocycles. The summed E-state index contributed by atoms with van der Waals surface area (Å²) in [6.07, 6.45) is -2.13. The summed E-state index contributed by atoms with van der Waals surface area (Å²) in [4.78, 5) is 21.7. The Labute approximate surface area is 118 Å². The van der Waals surface area contributed by atoms with Crippen LogP contribution in [0.4, 0.5) is 23.7 Å². The van der Waals surface area contributed by atoms with Crippen LogP contribution in [-0.4, -0.2) is 29.8 Å². The summed E-state index contributed by atoms with van der Waals surface area (Å²) in [5.74, 6) is -1.09. The molecule has 114 valence electrons. The Balaban J connectivity index is 2.67. The van der Waals surface area contributed by atoms with E-state index in [0.717, 1.165) is 6.08 Å². The predicted molar refractivity (Wildman–Crippen MR) is 70.9 cm³/mol. The molecule has 0 heterocycles. The molecule has 0 aromatic heterocycles. The number of nitrogens with one attached hydrogen (secondary N) is 2. The normalized spacial score (nSPS) is 11.4. The van der Waals surface area contributed by atoms with Gasteiger partial charge in [-0.05, 0) is 36.3 Å². The van der Waals surface area contributed by atoms with E-state index in [0.29, 0.717) is 16.8 Å². The number of anilines is 1. The second-order valence-electron chi connectivity index (χ2n) is 4.17. The summed E-state index contributed by atoms with van der Waals surface area (Å²) in [7, 11) is 0. The highest BCUT2D eigenvalue weighted by Gasteiger charge is 2.27. The summed E-state index contributed by atoms with van der Waals surface area (Å²) in [6.45, 7) is 0.261. The second kappa shape index (κ2) is 6.78. The molecular formula is C13H13F3N2O3. The molecule has 0 atom stereocenters. The van der Waals surface area contributed by atoms with Crippen LogP contribution in [0.25, 0.3) is 6.08 Å². The maximum Gasteiger partial charge on any atom is 0.405 e. The Morgan fingerprint density at radius 1 is 1.33 bits per heavy atom. The average molecular weight is 302 g/mol. The molecule has 1 rings (SSSR count). The first-order chi connectivity index (χ1) is 9.67. The van der Waals surface area contributed by atoms with Crippen molar-refractivity contribution in [1.29, 1.82) is 0 Å². The minimum absolute atomic E-state index is 0.305. The van der Waals surface area contributed by atoms with Crippen molar-refractivity contribution in [3.63, 3.8) is 0 Å². The fourth-order valence-electron chi connectivity index (χ4n) is 1.46. The van der Waals surface area contributed by atoms with Gasteiger partial charge >= 0.3 is 18.2 Å². The van der Waals surface area contributed by atoms with Crippen LogP contribution in [0, 0.1) is 6.92 Å². The summed E-state index contributed by atoms with van der Waals surface area (Å²) in [6, 6.07) is 3.56. The molecule has 0 fully saturated rings. The van der Waals surface area contributed by atoms with Crippen molar-refractivity contribution in [2.45, 2.75) is 13.1 Å². The first kappa shape index (κ1) is 16.5. The number of alkyl halides is 3. The molecule has 21 heavy (non-hydrogen) atoms.